The maximum absolute atomic E-state index is 11.7. The van der Waals surface area contributed by atoms with Crippen LogP contribution >= 0.6 is 0 Å². The van der Waals surface area contributed by atoms with E-state index < -0.39 is 6.09 Å². The summed E-state index contributed by atoms with van der Waals surface area (Å²) in [5.41, 5.74) is 1.16. The normalized spacial score (nSPS) is 21.2. The molecule has 1 amide bonds. The van der Waals surface area contributed by atoms with E-state index in [1.54, 1.807) is 6.07 Å². The Kier molecular flexibility index (Phi) is 2.93. The smallest absolute Gasteiger partial charge is 0.411 e. The van der Waals surface area contributed by atoms with Crippen LogP contribution in [0.3, 0.4) is 0 Å². The Morgan fingerprint density at radius 2 is 1.82 bits per heavy atom. The third kappa shape index (κ3) is 1.79. The Morgan fingerprint density at radius 3 is 2.36 bits per heavy atom. The first-order chi connectivity index (χ1) is 10.2. The predicted octanol–water partition coefficient (Wildman–Crippen LogP) is 4.35. The van der Waals surface area contributed by atoms with Crippen molar-refractivity contribution in [2.24, 2.45) is 5.41 Å². The summed E-state index contributed by atoms with van der Waals surface area (Å²) in [5.74, 6) is 0.124. The van der Waals surface area contributed by atoms with Gasteiger partial charge in [0.05, 0.1) is 5.69 Å². The van der Waals surface area contributed by atoms with E-state index in [9.17, 15) is 15.0 Å². The summed E-state index contributed by atoms with van der Waals surface area (Å²) in [6.45, 7) is 8.89. The van der Waals surface area contributed by atoms with E-state index in [0.29, 0.717) is 12.2 Å². The van der Waals surface area contributed by atoms with Crippen molar-refractivity contribution < 1.29 is 15.0 Å². The number of hydrogen-bond donors (Lipinski definition) is 2. The second-order valence-electron chi connectivity index (χ2n) is 7.29. The van der Waals surface area contributed by atoms with Gasteiger partial charge in [0.2, 0.25) is 0 Å². The largest absolute Gasteiger partial charge is 0.507 e. The van der Waals surface area contributed by atoms with Gasteiger partial charge in [0.1, 0.15) is 5.75 Å². The first kappa shape index (κ1) is 14.7. The fraction of sp³-hybridized carbons (Fsp3) is 0.389. The molecule has 0 fully saturated rings. The van der Waals surface area contributed by atoms with Crippen LogP contribution in [0.25, 0.3) is 10.8 Å². The average Bonchev–Trinajstić information content (AvgIpc) is 2.74. The van der Waals surface area contributed by atoms with E-state index >= 15 is 0 Å². The molecule has 3 rings (SSSR count). The van der Waals surface area contributed by atoms with Gasteiger partial charge in [0.15, 0.2) is 0 Å². The minimum absolute atomic E-state index is 0.119. The third-order valence-electron chi connectivity index (χ3n) is 5.21. The third-order valence-corrected chi connectivity index (χ3v) is 5.21. The summed E-state index contributed by atoms with van der Waals surface area (Å²) in [6.07, 6.45) is -0.982. The number of carboxylic acid groups (broad SMARTS) is 1. The minimum Gasteiger partial charge on any atom is -0.507 e. The van der Waals surface area contributed by atoms with Gasteiger partial charge < -0.3 is 10.2 Å². The molecule has 0 aromatic heterocycles. The maximum Gasteiger partial charge on any atom is 0.411 e. The zero-order valence-electron chi connectivity index (χ0n) is 13.3. The van der Waals surface area contributed by atoms with Crippen LogP contribution in [-0.4, -0.2) is 22.9 Å². The number of phenolic OH excluding ortho intramolecular Hbond substituents is 1. The molecule has 0 saturated carbocycles. The van der Waals surface area contributed by atoms with Crippen LogP contribution < -0.4 is 4.90 Å². The summed E-state index contributed by atoms with van der Waals surface area (Å²) >= 11 is 0. The monoisotopic (exact) mass is 299 g/mol. The van der Waals surface area contributed by atoms with Gasteiger partial charge in [-0.1, -0.05) is 52.0 Å². The Labute approximate surface area is 130 Å². The van der Waals surface area contributed by atoms with Crippen molar-refractivity contribution in [3.8, 4) is 5.75 Å². The second kappa shape index (κ2) is 4.38. The first-order valence-electron chi connectivity index (χ1n) is 7.42. The zero-order chi connectivity index (χ0) is 16.3. The Hall–Kier alpha value is -2.23. The second-order valence-corrected chi connectivity index (χ2v) is 7.29. The lowest BCUT2D eigenvalue weighted by molar-refractivity contribution is 0.191. The van der Waals surface area contributed by atoms with Gasteiger partial charge in [-0.05, 0) is 16.4 Å². The van der Waals surface area contributed by atoms with E-state index in [1.165, 1.54) is 4.90 Å². The topological polar surface area (TPSA) is 60.8 Å². The highest BCUT2D eigenvalue weighted by Crippen LogP contribution is 2.54. The number of phenols is 1. The summed E-state index contributed by atoms with van der Waals surface area (Å²) in [6, 6.07) is 9.23. The van der Waals surface area contributed by atoms with E-state index in [2.05, 4.69) is 27.7 Å². The van der Waals surface area contributed by atoms with E-state index in [-0.39, 0.29) is 16.6 Å². The predicted molar refractivity (Wildman–Crippen MR) is 87.8 cm³/mol. The standard InChI is InChI=1S/C18H21NO3/c1-17(2,3)18(4)10-19(16(21)22)13-9-14(20)11-7-5-6-8-12(11)15(13)18/h5-9,20H,10H2,1-4H3,(H,21,22). The lowest BCUT2D eigenvalue weighted by atomic mass is 9.64. The number of aromatic hydroxyl groups is 1. The first-order valence-corrected chi connectivity index (χ1v) is 7.42. The molecule has 1 aliphatic rings. The van der Waals surface area contributed by atoms with Crippen LogP contribution in [0.5, 0.6) is 5.75 Å². The molecule has 0 aliphatic carbocycles. The van der Waals surface area contributed by atoms with Gasteiger partial charge >= 0.3 is 6.09 Å². The van der Waals surface area contributed by atoms with Gasteiger partial charge in [0.25, 0.3) is 0 Å². The molecule has 2 aromatic rings. The molecule has 1 heterocycles. The number of anilines is 1. The van der Waals surface area contributed by atoms with Gasteiger partial charge in [-0.25, -0.2) is 4.79 Å². The molecule has 22 heavy (non-hydrogen) atoms. The van der Waals surface area contributed by atoms with Crippen molar-refractivity contribution in [2.45, 2.75) is 33.1 Å². The molecular weight excluding hydrogens is 278 g/mol. The number of amides is 1. The molecule has 0 saturated heterocycles. The Bertz CT molecular complexity index is 776. The van der Waals surface area contributed by atoms with E-state index in [4.69, 9.17) is 0 Å². The van der Waals surface area contributed by atoms with Crippen LogP contribution in [0.2, 0.25) is 0 Å². The van der Waals surface area contributed by atoms with Gasteiger partial charge in [-0.3, -0.25) is 4.90 Å². The quantitative estimate of drug-likeness (QED) is 0.760. The fourth-order valence-corrected chi connectivity index (χ4v) is 3.40. The molecule has 2 N–H and O–H groups in total. The molecule has 0 radical (unpaired) electrons. The molecule has 2 aromatic carbocycles. The summed E-state index contributed by atoms with van der Waals surface area (Å²) in [7, 11) is 0. The minimum atomic E-state index is -0.982. The van der Waals surface area contributed by atoms with E-state index in [0.717, 1.165) is 16.3 Å². The molecule has 116 valence electrons. The number of carbonyl (C=O) groups is 1. The van der Waals surface area contributed by atoms with Crippen LogP contribution in [0.15, 0.2) is 30.3 Å². The number of hydrogen-bond acceptors (Lipinski definition) is 2. The number of benzene rings is 2. The van der Waals surface area contributed by atoms with Crippen LogP contribution in [0, 0.1) is 5.41 Å². The number of fused-ring (bicyclic) bond motifs is 3. The summed E-state index contributed by atoms with van der Waals surface area (Å²) in [5, 5.41) is 21.6. The van der Waals surface area contributed by atoms with Gasteiger partial charge in [0, 0.05) is 23.4 Å². The molecule has 1 aliphatic heterocycles. The summed E-state index contributed by atoms with van der Waals surface area (Å²) in [4.78, 5) is 13.0. The molecule has 0 spiro atoms. The molecule has 1 unspecified atom stereocenters. The van der Waals surface area contributed by atoms with Crippen LogP contribution in [0.4, 0.5) is 10.5 Å². The highest BCUT2D eigenvalue weighted by Gasteiger charge is 2.49. The van der Waals surface area contributed by atoms with Crippen molar-refractivity contribution in [3.05, 3.63) is 35.9 Å². The molecule has 0 bridgehead atoms. The average molecular weight is 299 g/mol. The van der Waals surface area contributed by atoms with Gasteiger partial charge in [-0.15, -0.1) is 0 Å². The number of rotatable bonds is 0. The SMILES string of the molecule is CC(C)(C)C1(C)CN(C(=O)O)c2cc(O)c3ccccc3c21. The van der Waals surface area contributed by atoms with Gasteiger partial charge in [-0.2, -0.15) is 0 Å². The Morgan fingerprint density at radius 1 is 1.23 bits per heavy atom. The molecular formula is C18H21NO3. The maximum atomic E-state index is 11.7. The zero-order valence-corrected chi connectivity index (χ0v) is 13.3. The van der Waals surface area contributed by atoms with Crippen molar-refractivity contribution in [1.82, 2.24) is 0 Å². The van der Waals surface area contributed by atoms with Crippen molar-refractivity contribution in [1.29, 1.82) is 0 Å². The van der Waals surface area contributed by atoms with Crippen molar-refractivity contribution in [2.75, 3.05) is 11.4 Å². The van der Waals surface area contributed by atoms with Crippen LogP contribution in [0.1, 0.15) is 33.3 Å². The van der Waals surface area contributed by atoms with Crippen LogP contribution in [-0.2, 0) is 5.41 Å². The molecule has 4 nitrogen and oxygen atoms in total. The highest BCUT2D eigenvalue weighted by atomic mass is 16.4. The molecule has 1 atom stereocenters. The lowest BCUT2D eigenvalue weighted by Crippen LogP contribution is -2.43. The molecule has 4 heteroatoms. The van der Waals surface area contributed by atoms with E-state index in [1.807, 2.05) is 24.3 Å². The highest BCUT2D eigenvalue weighted by molar-refractivity contribution is 6.02. The van der Waals surface area contributed by atoms with Crippen molar-refractivity contribution in [3.63, 3.8) is 0 Å². The Balaban J connectivity index is 2.44. The summed E-state index contributed by atoms with van der Waals surface area (Å²) < 4.78 is 0. The lowest BCUT2D eigenvalue weighted by Gasteiger charge is -2.39. The van der Waals surface area contributed by atoms with Crippen molar-refractivity contribution >= 4 is 22.6 Å². The fourth-order valence-electron chi connectivity index (χ4n) is 3.40. The number of nitrogens with zero attached hydrogens (tertiary/aromatic N) is 1.